The SMILES string of the molecule is CCn1c(SCC(=O)NC(C)(C)C)nnc1-c1cccs1. The average Bonchev–Trinajstić information content (AvgIpc) is 3.02. The van der Waals surface area contributed by atoms with Crippen LogP contribution in [0, 0.1) is 0 Å². The minimum atomic E-state index is -0.210. The van der Waals surface area contributed by atoms with Gasteiger partial charge in [0.2, 0.25) is 5.91 Å². The van der Waals surface area contributed by atoms with Gasteiger partial charge in [0, 0.05) is 12.1 Å². The molecule has 2 aromatic rings. The van der Waals surface area contributed by atoms with Crippen molar-refractivity contribution in [2.45, 2.75) is 44.9 Å². The Kier molecular flexibility index (Phi) is 5.05. The summed E-state index contributed by atoms with van der Waals surface area (Å²) in [5, 5.41) is 14.2. The van der Waals surface area contributed by atoms with Gasteiger partial charge in [-0.2, -0.15) is 0 Å². The van der Waals surface area contributed by atoms with Gasteiger partial charge in [0.05, 0.1) is 10.6 Å². The maximum Gasteiger partial charge on any atom is 0.230 e. The van der Waals surface area contributed by atoms with Crippen LogP contribution >= 0.6 is 23.1 Å². The molecule has 0 aliphatic heterocycles. The first-order valence-corrected chi connectivity index (χ1v) is 8.68. The Bertz CT molecular complexity index is 599. The van der Waals surface area contributed by atoms with Crippen molar-refractivity contribution in [3.8, 4) is 10.7 Å². The lowest BCUT2D eigenvalue weighted by Gasteiger charge is -2.20. The Hall–Kier alpha value is -1.34. The zero-order valence-electron chi connectivity index (χ0n) is 12.7. The van der Waals surface area contributed by atoms with Crippen LogP contribution in [-0.2, 0) is 11.3 Å². The second-order valence-corrected chi connectivity index (χ2v) is 7.50. The molecule has 0 spiro atoms. The van der Waals surface area contributed by atoms with Crippen LogP contribution in [0.2, 0.25) is 0 Å². The van der Waals surface area contributed by atoms with Crippen LogP contribution in [0.15, 0.2) is 22.7 Å². The minimum Gasteiger partial charge on any atom is -0.351 e. The van der Waals surface area contributed by atoms with E-state index in [2.05, 4.69) is 22.4 Å². The fourth-order valence-corrected chi connectivity index (χ4v) is 3.37. The van der Waals surface area contributed by atoms with Gasteiger partial charge in [0.15, 0.2) is 11.0 Å². The Balaban J connectivity index is 2.06. The van der Waals surface area contributed by atoms with E-state index in [4.69, 9.17) is 0 Å². The van der Waals surface area contributed by atoms with Gasteiger partial charge in [-0.3, -0.25) is 4.79 Å². The number of hydrogen-bond donors (Lipinski definition) is 1. The molecule has 0 unspecified atom stereocenters. The Labute approximate surface area is 133 Å². The molecule has 0 aliphatic carbocycles. The number of carbonyl (C=O) groups excluding carboxylic acids is 1. The van der Waals surface area contributed by atoms with Crippen molar-refractivity contribution in [3.05, 3.63) is 17.5 Å². The van der Waals surface area contributed by atoms with Crippen LogP contribution in [0.25, 0.3) is 10.7 Å². The largest absolute Gasteiger partial charge is 0.351 e. The number of nitrogens with one attached hydrogen (secondary N) is 1. The van der Waals surface area contributed by atoms with E-state index >= 15 is 0 Å². The minimum absolute atomic E-state index is 0.0100. The molecule has 1 N–H and O–H groups in total. The zero-order valence-corrected chi connectivity index (χ0v) is 14.3. The smallest absolute Gasteiger partial charge is 0.230 e. The summed E-state index contributed by atoms with van der Waals surface area (Å²) < 4.78 is 2.04. The lowest BCUT2D eigenvalue weighted by Crippen LogP contribution is -2.41. The summed E-state index contributed by atoms with van der Waals surface area (Å²) in [6, 6.07) is 4.03. The van der Waals surface area contributed by atoms with Crippen molar-refractivity contribution in [2.24, 2.45) is 0 Å². The summed E-state index contributed by atoms with van der Waals surface area (Å²) in [4.78, 5) is 13.0. The van der Waals surface area contributed by atoms with Gasteiger partial charge < -0.3 is 9.88 Å². The summed E-state index contributed by atoms with van der Waals surface area (Å²) in [6.45, 7) is 8.75. The third-order valence-corrected chi connectivity index (χ3v) is 4.45. The van der Waals surface area contributed by atoms with Crippen molar-refractivity contribution in [1.29, 1.82) is 0 Å². The molecule has 0 atom stereocenters. The maximum absolute atomic E-state index is 11.9. The maximum atomic E-state index is 11.9. The monoisotopic (exact) mass is 324 g/mol. The van der Waals surface area contributed by atoms with Gasteiger partial charge in [0.25, 0.3) is 0 Å². The molecule has 0 aromatic carbocycles. The first kappa shape index (κ1) is 16.0. The lowest BCUT2D eigenvalue weighted by atomic mass is 10.1. The molecule has 114 valence electrons. The molecule has 7 heteroatoms. The van der Waals surface area contributed by atoms with E-state index < -0.39 is 0 Å². The van der Waals surface area contributed by atoms with E-state index in [1.807, 2.05) is 42.9 Å². The number of hydrogen-bond acceptors (Lipinski definition) is 5. The van der Waals surface area contributed by atoms with Crippen molar-refractivity contribution >= 4 is 29.0 Å². The number of thioether (sulfide) groups is 1. The number of amides is 1. The third-order valence-electron chi connectivity index (χ3n) is 2.62. The van der Waals surface area contributed by atoms with E-state index in [0.29, 0.717) is 5.75 Å². The second-order valence-electron chi connectivity index (χ2n) is 5.61. The summed E-state index contributed by atoms with van der Waals surface area (Å²) in [7, 11) is 0. The van der Waals surface area contributed by atoms with Gasteiger partial charge in [-0.05, 0) is 39.1 Å². The quantitative estimate of drug-likeness (QED) is 0.859. The number of thiophene rings is 1. The molecule has 5 nitrogen and oxygen atoms in total. The predicted molar refractivity (Wildman–Crippen MR) is 87.6 cm³/mol. The van der Waals surface area contributed by atoms with Gasteiger partial charge in [-0.1, -0.05) is 17.8 Å². The van der Waals surface area contributed by atoms with Crippen molar-refractivity contribution in [2.75, 3.05) is 5.75 Å². The van der Waals surface area contributed by atoms with Crippen LogP contribution in [0.3, 0.4) is 0 Å². The van der Waals surface area contributed by atoms with Crippen LogP contribution in [0.1, 0.15) is 27.7 Å². The third kappa shape index (κ3) is 4.31. The van der Waals surface area contributed by atoms with Crippen LogP contribution < -0.4 is 5.32 Å². The molecule has 2 aromatic heterocycles. The zero-order chi connectivity index (χ0) is 15.5. The Morgan fingerprint density at radius 1 is 1.43 bits per heavy atom. The van der Waals surface area contributed by atoms with Gasteiger partial charge in [-0.25, -0.2) is 0 Å². The highest BCUT2D eigenvalue weighted by Crippen LogP contribution is 2.27. The molecular weight excluding hydrogens is 304 g/mol. The second kappa shape index (κ2) is 6.62. The van der Waals surface area contributed by atoms with E-state index in [-0.39, 0.29) is 11.4 Å². The fourth-order valence-electron chi connectivity index (χ4n) is 1.85. The number of nitrogens with zero attached hydrogens (tertiary/aromatic N) is 3. The van der Waals surface area contributed by atoms with Crippen LogP contribution in [0.5, 0.6) is 0 Å². The highest BCUT2D eigenvalue weighted by atomic mass is 32.2. The molecular formula is C14H20N4OS2. The molecule has 2 heterocycles. The summed E-state index contributed by atoms with van der Waals surface area (Å²) in [6.07, 6.45) is 0. The van der Waals surface area contributed by atoms with E-state index in [9.17, 15) is 4.79 Å². The summed E-state index contributed by atoms with van der Waals surface area (Å²) in [5.41, 5.74) is -0.210. The van der Waals surface area contributed by atoms with Crippen molar-refractivity contribution in [3.63, 3.8) is 0 Å². The van der Waals surface area contributed by atoms with Gasteiger partial charge in [0.1, 0.15) is 0 Å². The van der Waals surface area contributed by atoms with Crippen LogP contribution in [0.4, 0.5) is 0 Å². The number of carbonyl (C=O) groups is 1. The van der Waals surface area contributed by atoms with E-state index in [1.54, 1.807) is 11.3 Å². The fraction of sp³-hybridized carbons (Fsp3) is 0.500. The van der Waals surface area contributed by atoms with E-state index in [1.165, 1.54) is 11.8 Å². The molecule has 0 saturated carbocycles. The molecule has 0 radical (unpaired) electrons. The highest BCUT2D eigenvalue weighted by Gasteiger charge is 2.17. The molecule has 2 rings (SSSR count). The molecule has 0 fully saturated rings. The summed E-state index contributed by atoms with van der Waals surface area (Å²) >= 11 is 3.06. The van der Waals surface area contributed by atoms with Gasteiger partial charge >= 0.3 is 0 Å². The lowest BCUT2D eigenvalue weighted by molar-refractivity contribution is -0.119. The van der Waals surface area contributed by atoms with E-state index in [0.717, 1.165) is 22.4 Å². The standard InChI is InChI=1S/C14H20N4OS2/c1-5-18-12(10-7-6-8-20-10)16-17-13(18)21-9-11(19)15-14(2,3)4/h6-8H,5,9H2,1-4H3,(H,15,19). The number of aromatic nitrogens is 3. The molecule has 0 aliphatic rings. The molecule has 0 bridgehead atoms. The predicted octanol–water partition coefficient (Wildman–Crippen LogP) is 3.03. The first-order valence-electron chi connectivity index (χ1n) is 6.81. The summed E-state index contributed by atoms with van der Waals surface area (Å²) in [5.74, 6) is 1.22. The van der Waals surface area contributed by atoms with Crippen molar-refractivity contribution in [1.82, 2.24) is 20.1 Å². The topological polar surface area (TPSA) is 59.8 Å². The Morgan fingerprint density at radius 3 is 2.76 bits per heavy atom. The first-order chi connectivity index (χ1) is 9.90. The molecule has 1 amide bonds. The molecule has 0 saturated heterocycles. The molecule has 21 heavy (non-hydrogen) atoms. The van der Waals surface area contributed by atoms with Crippen LogP contribution in [-0.4, -0.2) is 32.0 Å². The normalized spacial score (nSPS) is 11.6. The Morgan fingerprint density at radius 2 is 2.19 bits per heavy atom. The average molecular weight is 324 g/mol. The highest BCUT2D eigenvalue weighted by molar-refractivity contribution is 7.99. The number of rotatable bonds is 5. The van der Waals surface area contributed by atoms with Crippen molar-refractivity contribution < 1.29 is 4.79 Å². The van der Waals surface area contributed by atoms with Gasteiger partial charge in [-0.15, -0.1) is 21.5 Å².